The monoisotopic (exact) mass is 371 g/mol. The van der Waals surface area contributed by atoms with Gasteiger partial charge in [0, 0.05) is 24.6 Å². The van der Waals surface area contributed by atoms with Crippen LogP contribution in [0.3, 0.4) is 0 Å². The predicted molar refractivity (Wildman–Crippen MR) is 96.3 cm³/mol. The molecule has 140 valence electrons. The van der Waals surface area contributed by atoms with Gasteiger partial charge in [0.05, 0.1) is 23.1 Å². The molecule has 27 heavy (non-hydrogen) atoms. The molecule has 1 unspecified atom stereocenters. The number of nitrogens with one attached hydrogen (secondary N) is 1. The Morgan fingerprint density at radius 3 is 2.89 bits per heavy atom. The Morgan fingerprint density at radius 1 is 1.15 bits per heavy atom. The molecule has 0 bridgehead atoms. The first kappa shape index (κ1) is 16.6. The van der Waals surface area contributed by atoms with Gasteiger partial charge in [0.15, 0.2) is 23.7 Å². The fourth-order valence-electron chi connectivity index (χ4n) is 3.78. The molecule has 8 heteroatoms. The van der Waals surface area contributed by atoms with Crippen molar-refractivity contribution in [3.8, 4) is 11.5 Å². The van der Waals surface area contributed by atoms with Gasteiger partial charge in [0.25, 0.3) is 0 Å². The number of hydrogen-bond donors (Lipinski definition) is 1. The first-order valence-electron chi connectivity index (χ1n) is 9.30. The fraction of sp³-hybridized carbons (Fsp3) is 0.421. The van der Waals surface area contributed by atoms with E-state index in [9.17, 15) is 8.78 Å². The number of halogens is 2. The first-order valence-corrected chi connectivity index (χ1v) is 9.30. The average Bonchev–Trinajstić information content (AvgIpc) is 3.07. The molecule has 1 saturated heterocycles. The summed E-state index contributed by atoms with van der Waals surface area (Å²) in [6.07, 6.45) is 6.07. The standard InChI is InChI=1S/C19H19F2N5O/c20-12-8-11-16(9-13(12)21)26(17-5-1-2-7-27-17)25-18(11)19-23-10-15-14(24-19)4-3-6-22-15/h8-10,17,22H,1-7H2. The third-order valence-corrected chi connectivity index (χ3v) is 5.16. The zero-order chi connectivity index (χ0) is 18.4. The second kappa shape index (κ2) is 6.53. The van der Waals surface area contributed by atoms with Crippen LogP contribution in [0.1, 0.15) is 37.6 Å². The van der Waals surface area contributed by atoms with Crippen molar-refractivity contribution in [3.63, 3.8) is 0 Å². The lowest BCUT2D eigenvalue weighted by Crippen LogP contribution is -2.19. The zero-order valence-electron chi connectivity index (χ0n) is 14.7. The van der Waals surface area contributed by atoms with Crippen molar-refractivity contribution >= 4 is 16.6 Å². The van der Waals surface area contributed by atoms with E-state index in [2.05, 4.69) is 20.4 Å². The van der Waals surface area contributed by atoms with Crippen LogP contribution in [0, 0.1) is 11.6 Å². The molecule has 0 spiro atoms. The third kappa shape index (κ3) is 2.84. The number of aryl methyl sites for hydroxylation is 1. The number of benzene rings is 1. The van der Waals surface area contributed by atoms with Crippen molar-refractivity contribution in [1.29, 1.82) is 0 Å². The molecule has 1 N–H and O–H groups in total. The van der Waals surface area contributed by atoms with Crippen molar-refractivity contribution in [2.45, 2.75) is 38.3 Å². The lowest BCUT2D eigenvalue weighted by atomic mass is 10.1. The van der Waals surface area contributed by atoms with Crippen LogP contribution in [0.2, 0.25) is 0 Å². The molecule has 2 aliphatic rings. The van der Waals surface area contributed by atoms with Crippen molar-refractivity contribution < 1.29 is 13.5 Å². The van der Waals surface area contributed by atoms with E-state index in [1.54, 1.807) is 10.9 Å². The van der Waals surface area contributed by atoms with Gasteiger partial charge in [-0.15, -0.1) is 0 Å². The Balaban J connectivity index is 1.68. The summed E-state index contributed by atoms with van der Waals surface area (Å²) in [5.41, 5.74) is 2.79. The molecular formula is C19H19F2N5O. The van der Waals surface area contributed by atoms with Crippen LogP contribution in [-0.2, 0) is 11.2 Å². The number of hydrogen-bond acceptors (Lipinski definition) is 5. The van der Waals surface area contributed by atoms with Gasteiger partial charge >= 0.3 is 0 Å². The molecular weight excluding hydrogens is 352 g/mol. The maximum atomic E-state index is 14.0. The van der Waals surface area contributed by atoms with Gasteiger partial charge in [-0.3, -0.25) is 0 Å². The lowest BCUT2D eigenvalue weighted by molar-refractivity contribution is -0.0365. The van der Waals surface area contributed by atoms with E-state index >= 15 is 0 Å². The normalized spacial score (nSPS) is 19.7. The second-order valence-electron chi connectivity index (χ2n) is 6.98. The maximum absolute atomic E-state index is 14.0. The summed E-state index contributed by atoms with van der Waals surface area (Å²) >= 11 is 0. The van der Waals surface area contributed by atoms with Crippen molar-refractivity contribution in [2.75, 3.05) is 18.5 Å². The van der Waals surface area contributed by atoms with Crippen LogP contribution in [0.5, 0.6) is 0 Å². The summed E-state index contributed by atoms with van der Waals surface area (Å²) in [5.74, 6) is -1.39. The number of ether oxygens (including phenoxy) is 1. The van der Waals surface area contributed by atoms with Gasteiger partial charge < -0.3 is 10.1 Å². The summed E-state index contributed by atoms with van der Waals surface area (Å²) in [4.78, 5) is 9.05. The summed E-state index contributed by atoms with van der Waals surface area (Å²) in [5, 5.41) is 8.39. The molecule has 4 heterocycles. The molecule has 0 aliphatic carbocycles. The summed E-state index contributed by atoms with van der Waals surface area (Å²) in [6.45, 7) is 1.53. The molecule has 0 radical (unpaired) electrons. The Labute approximate surface area is 154 Å². The van der Waals surface area contributed by atoms with Crippen LogP contribution in [0.4, 0.5) is 14.5 Å². The Bertz CT molecular complexity index is 1010. The third-order valence-electron chi connectivity index (χ3n) is 5.16. The van der Waals surface area contributed by atoms with E-state index < -0.39 is 11.6 Å². The molecule has 0 saturated carbocycles. The predicted octanol–water partition coefficient (Wildman–Crippen LogP) is 3.83. The van der Waals surface area contributed by atoms with Gasteiger partial charge in [-0.1, -0.05) is 0 Å². The highest BCUT2D eigenvalue weighted by Gasteiger charge is 2.25. The van der Waals surface area contributed by atoms with Crippen LogP contribution in [-0.4, -0.2) is 32.9 Å². The largest absolute Gasteiger partial charge is 0.382 e. The summed E-state index contributed by atoms with van der Waals surface area (Å²) in [7, 11) is 0. The number of anilines is 1. The topological polar surface area (TPSA) is 64.9 Å². The summed E-state index contributed by atoms with van der Waals surface area (Å²) < 4.78 is 35.4. The highest BCUT2D eigenvalue weighted by molar-refractivity contribution is 5.92. The van der Waals surface area contributed by atoms with Crippen LogP contribution in [0.15, 0.2) is 18.3 Å². The fourth-order valence-corrected chi connectivity index (χ4v) is 3.78. The van der Waals surface area contributed by atoms with Crippen LogP contribution in [0.25, 0.3) is 22.4 Å². The molecule has 1 fully saturated rings. The molecule has 2 aromatic heterocycles. The number of fused-ring (bicyclic) bond motifs is 2. The second-order valence-corrected chi connectivity index (χ2v) is 6.98. The number of nitrogens with zero attached hydrogens (tertiary/aromatic N) is 4. The number of aromatic nitrogens is 4. The zero-order valence-corrected chi connectivity index (χ0v) is 14.7. The molecule has 6 nitrogen and oxygen atoms in total. The molecule has 1 atom stereocenters. The van der Waals surface area contributed by atoms with Crippen LogP contribution >= 0.6 is 0 Å². The molecule has 1 aromatic carbocycles. The minimum Gasteiger partial charge on any atom is -0.382 e. The van der Waals surface area contributed by atoms with E-state index in [0.717, 1.165) is 50.0 Å². The van der Waals surface area contributed by atoms with E-state index in [4.69, 9.17) is 4.74 Å². The van der Waals surface area contributed by atoms with Gasteiger partial charge in [0.1, 0.15) is 5.69 Å². The van der Waals surface area contributed by atoms with Crippen molar-refractivity contribution in [1.82, 2.24) is 19.7 Å². The van der Waals surface area contributed by atoms with Gasteiger partial charge in [0.2, 0.25) is 0 Å². The minimum atomic E-state index is -0.910. The molecule has 3 aromatic rings. The highest BCUT2D eigenvalue weighted by atomic mass is 19.2. The smallest absolute Gasteiger partial charge is 0.181 e. The number of rotatable bonds is 2. The van der Waals surface area contributed by atoms with Crippen molar-refractivity contribution in [2.24, 2.45) is 0 Å². The van der Waals surface area contributed by atoms with E-state index in [0.29, 0.717) is 29.0 Å². The molecule has 0 amide bonds. The Hall–Kier alpha value is -2.61. The SMILES string of the molecule is Fc1cc2c(-c3ncc4c(n3)CCCN4)nn(C3CCCCO3)c2cc1F. The van der Waals surface area contributed by atoms with Gasteiger partial charge in [-0.05, 0) is 38.2 Å². The molecule has 2 aliphatic heterocycles. The lowest BCUT2D eigenvalue weighted by Gasteiger charge is -2.23. The molecule has 5 rings (SSSR count). The minimum absolute atomic E-state index is 0.292. The van der Waals surface area contributed by atoms with Gasteiger partial charge in [-0.2, -0.15) is 5.10 Å². The van der Waals surface area contributed by atoms with E-state index in [1.807, 2.05) is 0 Å². The van der Waals surface area contributed by atoms with E-state index in [-0.39, 0.29) is 6.23 Å². The summed E-state index contributed by atoms with van der Waals surface area (Å²) in [6, 6.07) is 2.35. The van der Waals surface area contributed by atoms with Crippen LogP contribution < -0.4 is 5.32 Å². The Kier molecular flexibility index (Phi) is 4.00. The van der Waals surface area contributed by atoms with E-state index in [1.165, 1.54) is 12.1 Å². The first-order chi connectivity index (χ1) is 13.2. The maximum Gasteiger partial charge on any atom is 0.181 e. The van der Waals surface area contributed by atoms with Crippen molar-refractivity contribution in [3.05, 3.63) is 35.7 Å². The Morgan fingerprint density at radius 2 is 2.04 bits per heavy atom. The highest BCUT2D eigenvalue weighted by Crippen LogP contribution is 2.33. The van der Waals surface area contributed by atoms with Gasteiger partial charge in [-0.25, -0.2) is 23.4 Å². The average molecular weight is 371 g/mol. The quantitative estimate of drug-likeness (QED) is 0.742.